The number of carbonyl (C=O) groups is 1. The topological polar surface area (TPSA) is 40.5 Å². The van der Waals surface area contributed by atoms with Gasteiger partial charge in [0.15, 0.2) is 0 Å². The van der Waals surface area contributed by atoms with E-state index in [1.165, 1.54) is 12.8 Å². The number of rotatable bonds is 5. The molecule has 1 atom stereocenters. The zero-order chi connectivity index (χ0) is 10.1. The first kappa shape index (κ1) is 9.97. The van der Waals surface area contributed by atoms with Gasteiger partial charge in [-0.3, -0.25) is 9.69 Å². The third-order valence-corrected chi connectivity index (χ3v) is 3.40. The van der Waals surface area contributed by atoms with Crippen molar-refractivity contribution in [3.8, 4) is 0 Å². The maximum atomic E-state index is 11.0. The summed E-state index contributed by atoms with van der Waals surface area (Å²) in [4.78, 5) is 13.2. The number of hydrogen-bond donors (Lipinski definition) is 1. The Hall–Kier alpha value is -0.570. The van der Waals surface area contributed by atoms with Gasteiger partial charge in [-0.2, -0.15) is 0 Å². The highest BCUT2D eigenvalue weighted by Crippen LogP contribution is 2.38. The molecule has 14 heavy (non-hydrogen) atoms. The van der Waals surface area contributed by atoms with E-state index < -0.39 is 5.97 Å². The summed E-state index contributed by atoms with van der Waals surface area (Å²) in [5.41, 5.74) is 0. The van der Waals surface area contributed by atoms with Crippen molar-refractivity contribution in [2.24, 2.45) is 11.8 Å². The SMILES string of the molecule is CCCC1CN(C(C(=O)O)C2CC2)C1. The molecule has 2 rings (SSSR count). The highest BCUT2D eigenvalue weighted by atomic mass is 16.4. The predicted molar refractivity (Wildman–Crippen MR) is 54.1 cm³/mol. The lowest BCUT2D eigenvalue weighted by Gasteiger charge is -2.43. The van der Waals surface area contributed by atoms with Crippen molar-refractivity contribution >= 4 is 5.97 Å². The van der Waals surface area contributed by atoms with Gasteiger partial charge in [-0.05, 0) is 31.1 Å². The van der Waals surface area contributed by atoms with E-state index in [1.807, 2.05) is 0 Å². The quantitative estimate of drug-likeness (QED) is 0.727. The Labute approximate surface area is 85.1 Å². The van der Waals surface area contributed by atoms with Crippen LogP contribution in [-0.4, -0.2) is 35.1 Å². The summed E-state index contributed by atoms with van der Waals surface area (Å²) in [5, 5.41) is 9.09. The molecule has 1 aliphatic heterocycles. The van der Waals surface area contributed by atoms with Gasteiger partial charge in [-0.15, -0.1) is 0 Å². The molecule has 0 radical (unpaired) electrons. The van der Waals surface area contributed by atoms with Crippen LogP contribution in [0.3, 0.4) is 0 Å². The lowest BCUT2D eigenvalue weighted by atomic mass is 9.92. The van der Waals surface area contributed by atoms with E-state index in [9.17, 15) is 4.79 Å². The molecule has 80 valence electrons. The predicted octanol–water partition coefficient (Wildman–Crippen LogP) is 1.58. The molecule has 0 amide bonds. The summed E-state index contributed by atoms with van der Waals surface area (Å²) >= 11 is 0. The molecule has 2 fully saturated rings. The van der Waals surface area contributed by atoms with Crippen LogP contribution in [0.2, 0.25) is 0 Å². The first-order chi connectivity index (χ1) is 6.72. The van der Waals surface area contributed by atoms with E-state index in [0.29, 0.717) is 5.92 Å². The van der Waals surface area contributed by atoms with Crippen molar-refractivity contribution < 1.29 is 9.90 Å². The Morgan fingerprint density at radius 2 is 2.14 bits per heavy atom. The lowest BCUT2D eigenvalue weighted by Crippen LogP contribution is -2.55. The molecule has 3 heteroatoms. The van der Waals surface area contributed by atoms with Gasteiger partial charge in [0.05, 0.1) is 0 Å². The second-order valence-electron chi connectivity index (χ2n) is 4.73. The summed E-state index contributed by atoms with van der Waals surface area (Å²) in [5.74, 6) is 0.609. The molecule has 0 aromatic carbocycles. The third kappa shape index (κ3) is 1.92. The minimum absolute atomic E-state index is 0.164. The van der Waals surface area contributed by atoms with Gasteiger partial charge in [-0.1, -0.05) is 13.3 Å². The van der Waals surface area contributed by atoms with Crippen LogP contribution in [0.4, 0.5) is 0 Å². The fraction of sp³-hybridized carbons (Fsp3) is 0.909. The molecule has 0 aromatic heterocycles. The Kier molecular flexibility index (Phi) is 2.77. The molecule has 0 bridgehead atoms. The van der Waals surface area contributed by atoms with Crippen molar-refractivity contribution in [2.75, 3.05) is 13.1 Å². The average molecular weight is 197 g/mol. The van der Waals surface area contributed by atoms with Gasteiger partial charge in [0.25, 0.3) is 0 Å². The summed E-state index contributed by atoms with van der Waals surface area (Å²) in [6, 6.07) is -0.164. The number of nitrogens with zero attached hydrogens (tertiary/aromatic N) is 1. The number of carboxylic acids is 1. The Balaban J connectivity index is 1.80. The van der Waals surface area contributed by atoms with Crippen molar-refractivity contribution in [3.63, 3.8) is 0 Å². The Morgan fingerprint density at radius 1 is 1.50 bits per heavy atom. The van der Waals surface area contributed by atoms with Crippen molar-refractivity contribution in [3.05, 3.63) is 0 Å². The summed E-state index contributed by atoms with van der Waals surface area (Å²) < 4.78 is 0. The van der Waals surface area contributed by atoms with Crippen molar-refractivity contribution in [1.82, 2.24) is 4.90 Å². The molecule has 1 saturated heterocycles. The van der Waals surface area contributed by atoms with Gasteiger partial charge in [0.2, 0.25) is 0 Å². The Bertz CT molecular complexity index is 219. The maximum Gasteiger partial charge on any atom is 0.321 e. The largest absolute Gasteiger partial charge is 0.480 e. The zero-order valence-electron chi connectivity index (χ0n) is 8.78. The second kappa shape index (κ2) is 3.89. The molecule has 1 N–H and O–H groups in total. The number of carboxylic acid groups (broad SMARTS) is 1. The molecule has 3 nitrogen and oxygen atoms in total. The highest BCUT2D eigenvalue weighted by molar-refractivity contribution is 5.74. The summed E-state index contributed by atoms with van der Waals surface area (Å²) in [6.07, 6.45) is 4.71. The first-order valence-corrected chi connectivity index (χ1v) is 5.69. The van der Waals surface area contributed by atoms with Gasteiger partial charge >= 0.3 is 5.97 Å². The monoisotopic (exact) mass is 197 g/mol. The fourth-order valence-electron chi connectivity index (χ4n) is 2.50. The summed E-state index contributed by atoms with van der Waals surface area (Å²) in [6.45, 7) is 4.22. The van der Waals surface area contributed by atoms with E-state index in [2.05, 4.69) is 11.8 Å². The van der Waals surface area contributed by atoms with E-state index in [-0.39, 0.29) is 6.04 Å². The van der Waals surface area contributed by atoms with Gasteiger partial charge < -0.3 is 5.11 Å². The minimum atomic E-state index is -0.609. The second-order valence-corrected chi connectivity index (χ2v) is 4.73. The fourth-order valence-corrected chi connectivity index (χ4v) is 2.50. The standard InChI is InChI=1S/C11H19NO2/c1-2-3-8-6-12(7-8)10(11(13)14)9-4-5-9/h8-10H,2-7H2,1H3,(H,13,14). The first-order valence-electron chi connectivity index (χ1n) is 5.69. The van der Waals surface area contributed by atoms with Crippen molar-refractivity contribution in [1.29, 1.82) is 0 Å². The summed E-state index contributed by atoms with van der Waals surface area (Å²) in [7, 11) is 0. The molecule has 0 aromatic rings. The normalized spacial score (nSPS) is 25.8. The minimum Gasteiger partial charge on any atom is -0.480 e. The molecular formula is C11H19NO2. The van der Waals surface area contributed by atoms with Gasteiger partial charge in [0.1, 0.15) is 6.04 Å². The van der Waals surface area contributed by atoms with Crippen molar-refractivity contribution in [2.45, 2.75) is 38.6 Å². The molecule has 1 saturated carbocycles. The van der Waals surface area contributed by atoms with Crippen LogP contribution in [-0.2, 0) is 4.79 Å². The molecular weight excluding hydrogens is 178 g/mol. The number of aliphatic carboxylic acids is 1. The molecule has 2 aliphatic rings. The van der Waals surface area contributed by atoms with E-state index in [0.717, 1.165) is 31.8 Å². The highest BCUT2D eigenvalue weighted by Gasteiger charge is 2.44. The van der Waals surface area contributed by atoms with Gasteiger partial charge in [0, 0.05) is 13.1 Å². The Morgan fingerprint density at radius 3 is 2.57 bits per heavy atom. The van der Waals surface area contributed by atoms with Crippen LogP contribution in [0.25, 0.3) is 0 Å². The average Bonchev–Trinajstić information content (AvgIpc) is 2.83. The smallest absolute Gasteiger partial charge is 0.321 e. The third-order valence-electron chi connectivity index (χ3n) is 3.40. The van der Waals surface area contributed by atoms with Crippen LogP contribution < -0.4 is 0 Å². The lowest BCUT2D eigenvalue weighted by molar-refractivity contribution is -0.147. The van der Waals surface area contributed by atoms with Crippen LogP contribution in [0.15, 0.2) is 0 Å². The molecule has 1 heterocycles. The number of hydrogen-bond acceptors (Lipinski definition) is 2. The van der Waals surface area contributed by atoms with Crippen LogP contribution >= 0.6 is 0 Å². The number of likely N-dealkylation sites (tertiary alicyclic amines) is 1. The van der Waals surface area contributed by atoms with E-state index >= 15 is 0 Å². The zero-order valence-corrected chi connectivity index (χ0v) is 8.78. The maximum absolute atomic E-state index is 11.0. The molecule has 0 spiro atoms. The van der Waals surface area contributed by atoms with Gasteiger partial charge in [-0.25, -0.2) is 0 Å². The molecule has 1 unspecified atom stereocenters. The molecule has 1 aliphatic carbocycles. The van der Waals surface area contributed by atoms with E-state index in [4.69, 9.17) is 5.11 Å². The van der Waals surface area contributed by atoms with Crippen LogP contribution in [0.1, 0.15) is 32.6 Å². The van der Waals surface area contributed by atoms with Crippen LogP contribution in [0.5, 0.6) is 0 Å². The van der Waals surface area contributed by atoms with E-state index in [1.54, 1.807) is 0 Å². The van der Waals surface area contributed by atoms with Crippen LogP contribution in [0, 0.1) is 11.8 Å².